The first-order valence-corrected chi connectivity index (χ1v) is 8.76. The molecule has 0 radical (unpaired) electrons. The lowest BCUT2D eigenvalue weighted by atomic mass is 10.1. The minimum atomic E-state index is -3.52. The van der Waals surface area contributed by atoms with Gasteiger partial charge in [0.05, 0.1) is 4.90 Å². The molecule has 0 aromatic heterocycles. The molecule has 0 aliphatic carbocycles. The summed E-state index contributed by atoms with van der Waals surface area (Å²) in [4.78, 5) is 0.275. The van der Waals surface area contributed by atoms with E-state index in [1.807, 2.05) is 12.1 Å². The second kappa shape index (κ2) is 5.25. The first kappa shape index (κ1) is 13.7. The van der Waals surface area contributed by atoms with Crippen LogP contribution in [0.2, 0.25) is 0 Å². The number of rotatable bonds is 3. The monoisotopic (exact) mass is 400 g/mol. The summed E-state index contributed by atoms with van der Waals surface area (Å²) in [6.45, 7) is 0.905. The highest BCUT2D eigenvalue weighted by molar-refractivity contribution is 14.1. The van der Waals surface area contributed by atoms with Gasteiger partial charge >= 0.3 is 0 Å². The SMILES string of the molecule is O=S(=O)(Nc1ccc2c(c1)CCN2)c1ccc(I)cc1. The van der Waals surface area contributed by atoms with Crippen LogP contribution < -0.4 is 10.0 Å². The third kappa shape index (κ3) is 2.76. The molecule has 6 heteroatoms. The summed E-state index contributed by atoms with van der Waals surface area (Å²) in [6, 6.07) is 12.4. The van der Waals surface area contributed by atoms with Crippen molar-refractivity contribution in [2.45, 2.75) is 11.3 Å². The summed E-state index contributed by atoms with van der Waals surface area (Å²) in [5.41, 5.74) is 2.83. The Morgan fingerprint density at radius 3 is 2.60 bits per heavy atom. The molecule has 0 saturated heterocycles. The molecular formula is C14H13IN2O2S. The molecule has 1 aliphatic heterocycles. The molecule has 3 rings (SSSR count). The van der Waals surface area contributed by atoms with Gasteiger partial charge in [-0.1, -0.05) is 0 Å². The summed E-state index contributed by atoms with van der Waals surface area (Å²) < 4.78 is 28.2. The van der Waals surface area contributed by atoms with Crippen molar-refractivity contribution in [3.8, 4) is 0 Å². The summed E-state index contributed by atoms with van der Waals surface area (Å²) in [5, 5.41) is 3.25. The van der Waals surface area contributed by atoms with Crippen molar-refractivity contribution < 1.29 is 8.42 Å². The fraction of sp³-hybridized carbons (Fsp3) is 0.143. The minimum Gasteiger partial charge on any atom is -0.384 e. The molecule has 0 amide bonds. The van der Waals surface area contributed by atoms with Crippen molar-refractivity contribution in [3.63, 3.8) is 0 Å². The molecule has 0 fully saturated rings. The first-order chi connectivity index (χ1) is 9.54. The summed E-state index contributed by atoms with van der Waals surface area (Å²) >= 11 is 2.15. The first-order valence-electron chi connectivity index (χ1n) is 6.20. The fourth-order valence-corrected chi connectivity index (χ4v) is 3.61. The van der Waals surface area contributed by atoms with Crippen molar-refractivity contribution in [1.82, 2.24) is 0 Å². The topological polar surface area (TPSA) is 58.2 Å². The number of hydrogen-bond donors (Lipinski definition) is 2. The molecule has 2 aromatic rings. The Balaban J connectivity index is 1.88. The van der Waals surface area contributed by atoms with Gasteiger partial charge in [-0.3, -0.25) is 4.72 Å². The summed E-state index contributed by atoms with van der Waals surface area (Å²) in [6.07, 6.45) is 0.925. The molecule has 0 saturated carbocycles. The average molecular weight is 400 g/mol. The normalized spacial score (nSPS) is 13.7. The lowest BCUT2D eigenvalue weighted by Gasteiger charge is -2.09. The highest BCUT2D eigenvalue weighted by Crippen LogP contribution is 2.26. The number of nitrogens with one attached hydrogen (secondary N) is 2. The van der Waals surface area contributed by atoms with E-state index < -0.39 is 10.0 Å². The van der Waals surface area contributed by atoms with E-state index in [2.05, 4.69) is 32.6 Å². The van der Waals surface area contributed by atoms with Gasteiger partial charge in [0.2, 0.25) is 0 Å². The van der Waals surface area contributed by atoms with Crippen LogP contribution in [-0.2, 0) is 16.4 Å². The van der Waals surface area contributed by atoms with Crippen molar-refractivity contribution in [2.24, 2.45) is 0 Å². The number of benzene rings is 2. The van der Waals surface area contributed by atoms with Crippen molar-refractivity contribution in [1.29, 1.82) is 0 Å². The second-order valence-electron chi connectivity index (χ2n) is 4.61. The molecule has 1 aliphatic rings. The standard InChI is InChI=1S/C14H13IN2O2S/c15-11-1-4-13(5-2-11)20(18,19)17-12-3-6-14-10(9-12)7-8-16-14/h1-6,9,16-17H,7-8H2. The largest absolute Gasteiger partial charge is 0.384 e. The third-order valence-corrected chi connectivity index (χ3v) is 5.31. The van der Waals surface area contributed by atoms with Crippen LogP contribution in [-0.4, -0.2) is 15.0 Å². The Kier molecular flexibility index (Phi) is 3.59. The highest BCUT2D eigenvalue weighted by atomic mass is 127. The second-order valence-corrected chi connectivity index (χ2v) is 7.54. The lowest BCUT2D eigenvalue weighted by Crippen LogP contribution is -2.13. The van der Waals surface area contributed by atoms with Crippen LogP contribution >= 0.6 is 22.6 Å². The zero-order valence-corrected chi connectivity index (χ0v) is 13.5. The lowest BCUT2D eigenvalue weighted by molar-refractivity contribution is 0.601. The van der Waals surface area contributed by atoms with Crippen LogP contribution in [0.5, 0.6) is 0 Å². The highest BCUT2D eigenvalue weighted by Gasteiger charge is 2.16. The van der Waals surface area contributed by atoms with E-state index in [1.165, 1.54) is 0 Å². The number of anilines is 2. The number of hydrogen-bond acceptors (Lipinski definition) is 3. The van der Waals surface area contributed by atoms with Gasteiger partial charge in [0.1, 0.15) is 0 Å². The molecular weight excluding hydrogens is 387 g/mol. The summed E-state index contributed by atoms with van der Waals surface area (Å²) in [7, 11) is -3.52. The van der Waals surface area contributed by atoms with Gasteiger partial charge in [-0.25, -0.2) is 8.42 Å². The van der Waals surface area contributed by atoms with E-state index in [1.54, 1.807) is 30.3 Å². The fourth-order valence-electron chi connectivity index (χ4n) is 2.20. The Labute approximate surface area is 131 Å². The van der Waals surface area contributed by atoms with Gasteiger partial charge in [0, 0.05) is 21.5 Å². The van der Waals surface area contributed by atoms with Crippen LogP contribution in [0.4, 0.5) is 11.4 Å². The van der Waals surface area contributed by atoms with Gasteiger partial charge in [-0.05, 0) is 77.0 Å². The van der Waals surface area contributed by atoms with Crippen LogP contribution in [0.25, 0.3) is 0 Å². The molecule has 1 heterocycles. The Bertz CT molecular complexity index is 742. The number of halogens is 1. The van der Waals surface area contributed by atoms with E-state index in [0.29, 0.717) is 5.69 Å². The number of sulfonamides is 1. The minimum absolute atomic E-state index is 0.275. The van der Waals surface area contributed by atoms with E-state index in [4.69, 9.17) is 0 Å². The molecule has 0 unspecified atom stereocenters. The molecule has 4 nitrogen and oxygen atoms in total. The van der Waals surface area contributed by atoms with E-state index in [0.717, 1.165) is 27.8 Å². The predicted molar refractivity (Wildman–Crippen MR) is 88.6 cm³/mol. The van der Waals surface area contributed by atoms with Crippen molar-refractivity contribution in [2.75, 3.05) is 16.6 Å². The Hall–Kier alpha value is -1.28. The maximum Gasteiger partial charge on any atom is 0.261 e. The van der Waals surface area contributed by atoms with Crippen LogP contribution in [0.1, 0.15) is 5.56 Å². The molecule has 104 valence electrons. The van der Waals surface area contributed by atoms with Crippen LogP contribution in [0, 0.1) is 3.57 Å². The van der Waals surface area contributed by atoms with E-state index in [-0.39, 0.29) is 4.90 Å². The molecule has 2 aromatic carbocycles. The molecule has 20 heavy (non-hydrogen) atoms. The molecule has 0 spiro atoms. The van der Waals surface area contributed by atoms with Crippen LogP contribution in [0.3, 0.4) is 0 Å². The van der Waals surface area contributed by atoms with Gasteiger partial charge in [0.15, 0.2) is 0 Å². The quantitative estimate of drug-likeness (QED) is 0.779. The van der Waals surface area contributed by atoms with Gasteiger partial charge < -0.3 is 5.32 Å². The number of fused-ring (bicyclic) bond motifs is 1. The zero-order chi connectivity index (χ0) is 14.2. The third-order valence-electron chi connectivity index (χ3n) is 3.19. The average Bonchev–Trinajstić information content (AvgIpc) is 2.86. The van der Waals surface area contributed by atoms with E-state index in [9.17, 15) is 8.42 Å². The summed E-state index contributed by atoms with van der Waals surface area (Å²) in [5.74, 6) is 0. The van der Waals surface area contributed by atoms with Crippen molar-refractivity contribution in [3.05, 3.63) is 51.6 Å². The molecule has 2 N–H and O–H groups in total. The molecule has 0 atom stereocenters. The van der Waals surface area contributed by atoms with Gasteiger partial charge in [0.25, 0.3) is 10.0 Å². The van der Waals surface area contributed by atoms with E-state index >= 15 is 0 Å². The Morgan fingerprint density at radius 1 is 1.10 bits per heavy atom. The Morgan fingerprint density at radius 2 is 1.85 bits per heavy atom. The molecule has 0 bridgehead atoms. The smallest absolute Gasteiger partial charge is 0.261 e. The maximum atomic E-state index is 12.3. The maximum absolute atomic E-state index is 12.3. The van der Waals surface area contributed by atoms with Crippen LogP contribution in [0.15, 0.2) is 47.4 Å². The van der Waals surface area contributed by atoms with Gasteiger partial charge in [-0.2, -0.15) is 0 Å². The zero-order valence-electron chi connectivity index (χ0n) is 10.6. The van der Waals surface area contributed by atoms with Gasteiger partial charge in [-0.15, -0.1) is 0 Å². The van der Waals surface area contributed by atoms with Crippen molar-refractivity contribution >= 4 is 44.0 Å². The predicted octanol–water partition coefficient (Wildman–Crippen LogP) is 3.06.